The smallest absolute Gasteiger partial charge is 0.126 e. The molecule has 0 fully saturated rings. The van der Waals surface area contributed by atoms with E-state index in [2.05, 4.69) is 5.32 Å². The van der Waals surface area contributed by atoms with Crippen molar-refractivity contribution in [1.82, 2.24) is 0 Å². The first-order valence-electron chi connectivity index (χ1n) is 4.42. The highest BCUT2D eigenvalue weighted by Crippen LogP contribution is 2.24. The summed E-state index contributed by atoms with van der Waals surface area (Å²) in [6, 6.07) is 5.71. The molecule has 0 heterocycles. The molecular formula is C10H14ClN3. The van der Waals surface area contributed by atoms with Crippen molar-refractivity contribution < 1.29 is 0 Å². The van der Waals surface area contributed by atoms with Gasteiger partial charge < -0.3 is 11.1 Å². The summed E-state index contributed by atoms with van der Waals surface area (Å²) in [7, 11) is 0. The van der Waals surface area contributed by atoms with Crippen molar-refractivity contribution in [3.63, 3.8) is 0 Å². The maximum atomic E-state index is 7.41. The summed E-state index contributed by atoms with van der Waals surface area (Å²) < 4.78 is 0. The van der Waals surface area contributed by atoms with Gasteiger partial charge in [0.05, 0.1) is 10.6 Å². The lowest BCUT2D eigenvalue weighted by molar-refractivity contribution is 0.899. The largest absolute Gasteiger partial charge is 0.384 e. The van der Waals surface area contributed by atoms with Crippen LogP contribution in [0.3, 0.4) is 0 Å². The fourth-order valence-corrected chi connectivity index (χ4v) is 1.51. The highest BCUT2D eigenvalue weighted by atomic mass is 35.5. The SMILES string of the molecule is CC(C)Nc1cccc(Cl)c1C(=N)N. The molecule has 76 valence electrons. The molecule has 0 aliphatic heterocycles. The Hall–Kier alpha value is -1.22. The molecule has 4 N–H and O–H groups in total. The third-order valence-corrected chi connectivity index (χ3v) is 2.04. The first kappa shape index (κ1) is 10.9. The summed E-state index contributed by atoms with van der Waals surface area (Å²) in [5.74, 6) is -0.0150. The Morgan fingerprint density at radius 2 is 2.14 bits per heavy atom. The third-order valence-electron chi connectivity index (χ3n) is 1.73. The number of rotatable bonds is 3. The van der Waals surface area contributed by atoms with Crippen LogP contribution in [0.15, 0.2) is 18.2 Å². The number of halogens is 1. The Kier molecular flexibility index (Phi) is 3.36. The molecule has 0 unspecified atom stereocenters. The summed E-state index contributed by atoms with van der Waals surface area (Å²) in [4.78, 5) is 0. The van der Waals surface area contributed by atoms with Gasteiger partial charge in [-0.15, -0.1) is 0 Å². The molecule has 1 aromatic rings. The highest BCUT2D eigenvalue weighted by molar-refractivity contribution is 6.34. The lowest BCUT2D eigenvalue weighted by Gasteiger charge is -2.14. The summed E-state index contributed by atoms with van der Waals surface area (Å²) in [6.45, 7) is 4.04. The number of hydrogen-bond donors (Lipinski definition) is 3. The minimum atomic E-state index is -0.0150. The van der Waals surface area contributed by atoms with Crippen LogP contribution in [0.5, 0.6) is 0 Å². The van der Waals surface area contributed by atoms with Gasteiger partial charge in [0, 0.05) is 11.7 Å². The second-order valence-corrected chi connectivity index (χ2v) is 3.78. The van der Waals surface area contributed by atoms with Crippen LogP contribution in [0.25, 0.3) is 0 Å². The van der Waals surface area contributed by atoms with Gasteiger partial charge in [-0.3, -0.25) is 5.41 Å². The third kappa shape index (κ3) is 2.39. The van der Waals surface area contributed by atoms with E-state index >= 15 is 0 Å². The van der Waals surface area contributed by atoms with Crippen molar-refractivity contribution in [3.8, 4) is 0 Å². The van der Waals surface area contributed by atoms with E-state index in [0.717, 1.165) is 5.69 Å². The molecule has 0 saturated carbocycles. The van der Waals surface area contributed by atoms with Crippen molar-refractivity contribution in [3.05, 3.63) is 28.8 Å². The lowest BCUT2D eigenvalue weighted by Crippen LogP contribution is -2.18. The van der Waals surface area contributed by atoms with Gasteiger partial charge in [0.25, 0.3) is 0 Å². The van der Waals surface area contributed by atoms with E-state index < -0.39 is 0 Å². The molecule has 4 heteroatoms. The second kappa shape index (κ2) is 4.33. The average Bonchev–Trinajstić information content (AvgIpc) is 2.01. The molecule has 0 bridgehead atoms. The molecule has 0 spiro atoms. The number of benzene rings is 1. The van der Waals surface area contributed by atoms with Crippen LogP contribution in [0.1, 0.15) is 19.4 Å². The number of amidine groups is 1. The van der Waals surface area contributed by atoms with Gasteiger partial charge >= 0.3 is 0 Å². The van der Waals surface area contributed by atoms with Gasteiger partial charge in [-0.05, 0) is 26.0 Å². The van der Waals surface area contributed by atoms with Crippen LogP contribution in [-0.2, 0) is 0 Å². The number of nitrogens with one attached hydrogen (secondary N) is 2. The van der Waals surface area contributed by atoms with Crippen LogP contribution in [0, 0.1) is 5.41 Å². The van der Waals surface area contributed by atoms with Gasteiger partial charge in [-0.1, -0.05) is 17.7 Å². The van der Waals surface area contributed by atoms with Crippen molar-refractivity contribution in [2.24, 2.45) is 5.73 Å². The summed E-state index contributed by atoms with van der Waals surface area (Å²) in [6.07, 6.45) is 0. The quantitative estimate of drug-likeness (QED) is 0.531. The first-order valence-corrected chi connectivity index (χ1v) is 4.79. The molecule has 1 aromatic carbocycles. The molecule has 0 amide bonds. The standard InChI is InChI=1S/C10H14ClN3/c1-6(2)14-8-5-3-4-7(11)9(8)10(12)13/h3-6,14H,1-2H3,(H3,12,13). The van der Waals surface area contributed by atoms with Crippen molar-refractivity contribution in [2.75, 3.05) is 5.32 Å². The zero-order valence-corrected chi connectivity index (χ0v) is 9.02. The van der Waals surface area contributed by atoms with E-state index in [1.165, 1.54) is 0 Å². The van der Waals surface area contributed by atoms with Gasteiger partial charge in [-0.2, -0.15) is 0 Å². The lowest BCUT2D eigenvalue weighted by atomic mass is 10.1. The van der Waals surface area contributed by atoms with E-state index in [0.29, 0.717) is 10.6 Å². The Labute approximate surface area is 88.8 Å². The summed E-state index contributed by atoms with van der Waals surface area (Å²) >= 11 is 5.95. The number of hydrogen-bond acceptors (Lipinski definition) is 2. The monoisotopic (exact) mass is 211 g/mol. The normalized spacial score (nSPS) is 10.3. The predicted molar refractivity (Wildman–Crippen MR) is 61.2 cm³/mol. The topological polar surface area (TPSA) is 61.9 Å². The zero-order valence-electron chi connectivity index (χ0n) is 8.26. The van der Waals surface area contributed by atoms with Crippen molar-refractivity contribution in [1.29, 1.82) is 5.41 Å². The molecular weight excluding hydrogens is 198 g/mol. The van der Waals surface area contributed by atoms with E-state index in [1.807, 2.05) is 26.0 Å². The fraction of sp³-hybridized carbons (Fsp3) is 0.300. The van der Waals surface area contributed by atoms with Crippen LogP contribution in [0.4, 0.5) is 5.69 Å². The van der Waals surface area contributed by atoms with Gasteiger partial charge in [0.1, 0.15) is 5.84 Å². The number of anilines is 1. The van der Waals surface area contributed by atoms with Crippen LogP contribution in [-0.4, -0.2) is 11.9 Å². The molecule has 1 rings (SSSR count). The molecule has 0 atom stereocenters. The van der Waals surface area contributed by atoms with Gasteiger partial charge in [0.15, 0.2) is 0 Å². The van der Waals surface area contributed by atoms with Gasteiger partial charge in [0.2, 0.25) is 0 Å². The van der Waals surface area contributed by atoms with Gasteiger partial charge in [-0.25, -0.2) is 0 Å². The Bertz CT molecular complexity index is 347. The molecule has 0 aliphatic carbocycles. The maximum Gasteiger partial charge on any atom is 0.126 e. The van der Waals surface area contributed by atoms with Crippen LogP contribution >= 0.6 is 11.6 Å². The first-order chi connectivity index (χ1) is 6.52. The summed E-state index contributed by atoms with van der Waals surface area (Å²) in [5, 5.41) is 11.1. The van der Waals surface area contributed by atoms with Crippen molar-refractivity contribution in [2.45, 2.75) is 19.9 Å². The van der Waals surface area contributed by atoms with E-state index in [-0.39, 0.29) is 11.9 Å². The molecule has 3 nitrogen and oxygen atoms in total. The fourth-order valence-electron chi connectivity index (χ4n) is 1.23. The predicted octanol–water partition coefficient (Wildman–Crippen LogP) is 2.44. The van der Waals surface area contributed by atoms with Crippen molar-refractivity contribution >= 4 is 23.1 Å². The Morgan fingerprint density at radius 3 is 2.64 bits per heavy atom. The zero-order chi connectivity index (χ0) is 10.7. The molecule has 0 saturated heterocycles. The minimum Gasteiger partial charge on any atom is -0.384 e. The Morgan fingerprint density at radius 1 is 1.50 bits per heavy atom. The highest BCUT2D eigenvalue weighted by Gasteiger charge is 2.09. The second-order valence-electron chi connectivity index (χ2n) is 3.38. The van der Waals surface area contributed by atoms with E-state index in [9.17, 15) is 0 Å². The average molecular weight is 212 g/mol. The maximum absolute atomic E-state index is 7.41. The molecule has 0 aliphatic rings. The molecule has 14 heavy (non-hydrogen) atoms. The van der Waals surface area contributed by atoms with Crippen LogP contribution < -0.4 is 11.1 Å². The molecule has 0 radical (unpaired) electrons. The Balaban J connectivity index is 3.14. The van der Waals surface area contributed by atoms with E-state index in [4.69, 9.17) is 22.7 Å². The van der Waals surface area contributed by atoms with E-state index in [1.54, 1.807) is 6.07 Å². The summed E-state index contributed by atoms with van der Waals surface area (Å²) in [5.41, 5.74) is 6.83. The molecule has 0 aromatic heterocycles. The minimum absolute atomic E-state index is 0.0150. The van der Waals surface area contributed by atoms with Crippen LogP contribution in [0.2, 0.25) is 5.02 Å². The number of nitrogens with two attached hydrogens (primary N) is 1. The number of nitrogen functional groups attached to an aromatic ring is 1.